The first-order chi connectivity index (χ1) is 5.78. The number of piperidine rings is 1. The monoisotopic (exact) mass is 169 g/mol. The highest BCUT2D eigenvalue weighted by atomic mass is 16.5. The molecule has 0 radical (unpaired) electrons. The van der Waals surface area contributed by atoms with E-state index in [0.717, 1.165) is 32.2 Å². The third-order valence-electron chi connectivity index (χ3n) is 3.09. The number of hydrogen-bond acceptors (Lipinski definition) is 3. The minimum Gasteiger partial charge on any atom is -0.469 e. The van der Waals surface area contributed by atoms with Crippen LogP contribution >= 0.6 is 0 Å². The van der Waals surface area contributed by atoms with Crippen molar-refractivity contribution in [2.75, 3.05) is 13.7 Å². The Morgan fingerprint density at radius 2 is 2.33 bits per heavy atom. The van der Waals surface area contributed by atoms with Crippen molar-refractivity contribution in [1.29, 1.82) is 0 Å². The summed E-state index contributed by atoms with van der Waals surface area (Å²) < 4.78 is 4.79. The predicted molar refractivity (Wildman–Crippen MR) is 44.7 cm³/mol. The average molecular weight is 169 g/mol. The second kappa shape index (κ2) is 2.73. The second-order valence-electron chi connectivity index (χ2n) is 3.80. The summed E-state index contributed by atoms with van der Waals surface area (Å²) >= 11 is 0. The van der Waals surface area contributed by atoms with Gasteiger partial charge in [-0.25, -0.2) is 0 Å². The van der Waals surface area contributed by atoms with Gasteiger partial charge in [0.25, 0.3) is 0 Å². The maximum absolute atomic E-state index is 11.4. The molecule has 1 aliphatic carbocycles. The molecule has 12 heavy (non-hydrogen) atoms. The van der Waals surface area contributed by atoms with Gasteiger partial charge in [0.15, 0.2) is 0 Å². The number of ether oxygens (including phenoxy) is 1. The first kappa shape index (κ1) is 8.05. The van der Waals surface area contributed by atoms with Crippen molar-refractivity contribution >= 4 is 5.97 Å². The predicted octanol–water partition coefficient (Wildman–Crippen LogP) is 0.692. The highest BCUT2D eigenvalue weighted by Crippen LogP contribution is 2.46. The smallest absolute Gasteiger partial charge is 0.310 e. The summed E-state index contributed by atoms with van der Waals surface area (Å²) in [6, 6.07) is 0. The van der Waals surface area contributed by atoms with E-state index in [2.05, 4.69) is 5.32 Å². The zero-order chi connectivity index (χ0) is 8.60. The van der Waals surface area contributed by atoms with Gasteiger partial charge in [0.05, 0.1) is 13.0 Å². The molecule has 0 amide bonds. The van der Waals surface area contributed by atoms with Crippen LogP contribution < -0.4 is 5.32 Å². The topological polar surface area (TPSA) is 38.3 Å². The molecule has 2 rings (SSSR count). The fourth-order valence-corrected chi connectivity index (χ4v) is 2.19. The fourth-order valence-electron chi connectivity index (χ4n) is 2.19. The minimum absolute atomic E-state index is 0.0281. The largest absolute Gasteiger partial charge is 0.469 e. The average Bonchev–Trinajstić information content (AvgIpc) is 2.85. The lowest BCUT2D eigenvalue weighted by Crippen LogP contribution is -2.47. The molecule has 2 fully saturated rings. The number of methoxy groups -OCH3 is 1. The van der Waals surface area contributed by atoms with E-state index in [0.29, 0.717) is 0 Å². The molecule has 0 aromatic carbocycles. The van der Waals surface area contributed by atoms with E-state index in [1.807, 2.05) is 0 Å². The van der Waals surface area contributed by atoms with Crippen LogP contribution in [0, 0.1) is 5.92 Å². The number of carbonyl (C=O) groups excluding carboxylic acids is 1. The lowest BCUT2D eigenvalue weighted by molar-refractivity contribution is -0.147. The van der Waals surface area contributed by atoms with Crippen LogP contribution in [-0.4, -0.2) is 25.2 Å². The Morgan fingerprint density at radius 3 is 2.92 bits per heavy atom. The van der Waals surface area contributed by atoms with Gasteiger partial charge in [-0.2, -0.15) is 0 Å². The molecule has 0 bridgehead atoms. The van der Waals surface area contributed by atoms with Gasteiger partial charge in [-0.3, -0.25) is 4.79 Å². The molecule has 1 aliphatic heterocycles. The van der Waals surface area contributed by atoms with E-state index in [1.54, 1.807) is 0 Å². The van der Waals surface area contributed by atoms with Crippen molar-refractivity contribution in [3.8, 4) is 0 Å². The van der Waals surface area contributed by atoms with Crippen molar-refractivity contribution in [2.45, 2.75) is 31.2 Å². The van der Waals surface area contributed by atoms with E-state index in [1.165, 1.54) is 7.11 Å². The Hall–Kier alpha value is -0.570. The van der Waals surface area contributed by atoms with Crippen LogP contribution in [0.3, 0.4) is 0 Å². The molecule has 1 unspecified atom stereocenters. The molecule has 3 nitrogen and oxygen atoms in total. The van der Waals surface area contributed by atoms with E-state index in [9.17, 15) is 4.79 Å². The number of carbonyl (C=O) groups is 1. The van der Waals surface area contributed by atoms with Crippen molar-refractivity contribution in [3.05, 3.63) is 0 Å². The zero-order valence-electron chi connectivity index (χ0n) is 7.43. The highest BCUT2D eigenvalue weighted by Gasteiger charge is 2.53. The Labute approximate surface area is 72.5 Å². The third kappa shape index (κ3) is 1.12. The number of nitrogens with one attached hydrogen (secondary N) is 1. The van der Waals surface area contributed by atoms with Crippen LogP contribution in [0.2, 0.25) is 0 Å². The molecule has 1 spiro atoms. The van der Waals surface area contributed by atoms with Crippen LogP contribution in [0.25, 0.3) is 0 Å². The van der Waals surface area contributed by atoms with Crippen molar-refractivity contribution in [2.24, 2.45) is 5.92 Å². The third-order valence-corrected chi connectivity index (χ3v) is 3.09. The Morgan fingerprint density at radius 1 is 1.58 bits per heavy atom. The van der Waals surface area contributed by atoms with E-state index >= 15 is 0 Å². The van der Waals surface area contributed by atoms with Crippen LogP contribution in [-0.2, 0) is 9.53 Å². The molecule has 3 heteroatoms. The zero-order valence-corrected chi connectivity index (χ0v) is 7.43. The molecule has 0 aromatic rings. The maximum Gasteiger partial charge on any atom is 0.310 e. The second-order valence-corrected chi connectivity index (χ2v) is 3.80. The minimum atomic E-state index is -0.0281. The maximum atomic E-state index is 11.4. The van der Waals surface area contributed by atoms with Gasteiger partial charge in [0.1, 0.15) is 0 Å². The Bertz CT molecular complexity index is 199. The van der Waals surface area contributed by atoms with E-state index < -0.39 is 0 Å². The van der Waals surface area contributed by atoms with Gasteiger partial charge in [0.2, 0.25) is 0 Å². The lowest BCUT2D eigenvalue weighted by atomic mass is 9.88. The summed E-state index contributed by atoms with van der Waals surface area (Å²) in [5, 5.41) is 3.43. The molecule has 1 N–H and O–H groups in total. The lowest BCUT2D eigenvalue weighted by Gasteiger charge is -2.30. The number of esters is 1. The molecule has 68 valence electrons. The first-order valence-corrected chi connectivity index (χ1v) is 4.61. The van der Waals surface area contributed by atoms with Gasteiger partial charge in [-0.15, -0.1) is 0 Å². The van der Waals surface area contributed by atoms with Crippen LogP contribution in [0.15, 0.2) is 0 Å². The number of hydrogen-bond donors (Lipinski definition) is 1. The van der Waals surface area contributed by atoms with Gasteiger partial charge >= 0.3 is 5.97 Å². The quantitative estimate of drug-likeness (QED) is 0.587. The van der Waals surface area contributed by atoms with Gasteiger partial charge in [0, 0.05) is 5.54 Å². The highest BCUT2D eigenvalue weighted by molar-refractivity contribution is 5.75. The number of rotatable bonds is 1. The van der Waals surface area contributed by atoms with Crippen LogP contribution in [0.5, 0.6) is 0 Å². The fraction of sp³-hybridized carbons (Fsp3) is 0.889. The first-order valence-electron chi connectivity index (χ1n) is 4.61. The summed E-state index contributed by atoms with van der Waals surface area (Å²) in [4.78, 5) is 11.4. The standard InChI is InChI=1S/C9H15NO2/c1-12-8(11)7-3-2-6-10-9(7)4-5-9/h7,10H,2-6H2,1H3. The van der Waals surface area contributed by atoms with Crippen LogP contribution in [0.4, 0.5) is 0 Å². The Kier molecular flexibility index (Phi) is 1.83. The molecule has 1 saturated carbocycles. The summed E-state index contributed by atoms with van der Waals surface area (Å²) in [5.41, 5.74) is 0.144. The van der Waals surface area contributed by atoms with Crippen molar-refractivity contribution < 1.29 is 9.53 Å². The van der Waals surface area contributed by atoms with Gasteiger partial charge in [-0.1, -0.05) is 0 Å². The van der Waals surface area contributed by atoms with E-state index in [4.69, 9.17) is 4.74 Å². The van der Waals surface area contributed by atoms with E-state index in [-0.39, 0.29) is 17.4 Å². The normalized spacial score (nSPS) is 31.6. The molecular formula is C9H15NO2. The molecule has 1 heterocycles. The summed E-state index contributed by atoms with van der Waals surface area (Å²) in [5.74, 6) is 0.0935. The van der Waals surface area contributed by atoms with Crippen molar-refractivity contribution in [3.63, 3.8) is 0 Å². The summed E-state index contributed by atoms with van der Waals surface area (Å²) in [6.07, 6.45) is 4.39. The van der Waals surface area contributed by atoms with Crippen molar-refractivity contribution in [1.82, 2.24) is 5.32 Å². The molecular weight excluding hydrogens is 154 g/mol. The SMILES string of the molecule is COC(=O)C1CCCNC12CC2. The molecule has 1 atom stereocenters. The van der Waals surface area contributed by atoms with Gasteiger partial charge in [-0.05, 0) is 32.2 Å². The van der Waals surface area contributed by atoms with Gasteiger partial charge < -0.3 is 10.1 Å². The molecule has 2 aliphatic rings. The summed E-state index contributed by atoms with van der Waals surface area (Å²) in [6.45, 7) is 1.06. The Balaban J connectivity index is 2.06. The molecule has 1 saturated heterocycles. The van der Waals surface area contributed by atoms with Crippen LogP contribution in [0.1, 0.15) is 25.7 Å². The molecule has 0 aromatic heterocycles. The summed E-state index contributed by atoms with van der Waals surface area (Å²) in [7, 11) is 1.48.